The van der Waals surface area contributed by atoms with Gasteiger partial charge >= 0.3 is 6.09 Å². The maximum absolute atomic E-state index is 14.1. The monoisotopic (exact) mass is 435 g/mol. The number of benzene rings is 1. The molecule has 0 atom stereocenters. The third-order valence-corrected chi connectivity index (χ3v) is 3.70. The van der Waals surface area contributed by atoms with Crippen LogP contribution in [0.5, 0.6) is 0 Å². The molecule has 0 bridgehead atoms. The van der Waals surface area contributed by atoms with Crippen LogP contribution in [0, 0.1) is 11.6 Å². The fraction of sp³-hybridized carbons (Fsp3) is 0.267. The van der Waals surface area contributed by atoms with Crippen molar-refractivity contribution in [2.24, 2.45) is 0 Å². The average Bonchev–Trinajstić information content (AvgIpc) is 2.74. The number of carbonyl (C=O) groups is 1. The van der Waals surface area contributed by atoms with Gasteiger partial charge in [-0.25, -0.2) is 13.6 Å². The molecule has 0 N–H and O–H groups in total. The van der Waals surface area contributed by atoms with Crippen LogP contribution in [-0.2, 0) is 4.74 Å². The molecular formula is C15H13Br2F2NO2. The van der Waals surface area contributed by atoms with Gasteiger partial charge in [0.2, 0.25) is 0 Å². The van der Waals surface area contributed by atoms with Gasteiger partial charge in [0.25, 0.3) is 0 Å². The normalized spacial score (nSPS) is 11.6. The fourth-order valence-corrected chi connectivity index (χ4v) is 2.58. The van der Waals surface area contributed by atoms with Crippen LogP contribution in [0.2, 0.25) is 0 Å². The number of carbonyl (C=O) groups excluding carboxylic acids is 1. The lowest BCUT2D eigenvalue weighted by atomic mass is 10.1. The third kappa shape index (κ3) is 3.76. The zero-order valence-electron chi connectivity index (χ0n) is 12.1. The first-order chi connectivity index (χ1) is 10.1. The van der Waals surface area contributed by atoms with Gasteiger partial charge in [-0.05, 0) is 64.8 Å². The van der Waals surface area contributed by atoms with Crippen molar-refractivity contribution in [1.82, 2.24) is 4.57 Å². The number of hydrogen-bond donors (Lipinski definition) is 0. The van der Waals surface area contributed by atoms with E-state index in [-0.39, 0.29) is 15.7 Å². The van der Waals surface area contributed by atoms with Gasteiger partial charge in [0.05, 0.1) is 10.2 Å². The van der Waals surface area contributed by atoms with Gasteiger partial charge in [0.15, 0.2) is 0 Å². The van der Waals surface area contributed by atoms with E-state index in [1.165, 1.54) is 16.8 Å². The first-order valence-electron chi connectivity index (χ1n) is 6.34. The summed E-state index contributed by atoms with van der Waals surface area (Å²) in [6.07, 6.45) is 0.827. The molecule has 3 nitrogen and oxygen atoms in total. The molecule has 7 heteroatoms. The van der Waals surface area contributed by atoms with E-state index in [1.54, 1.807) is 26.8 Å². The third-order valence-electron chi connectivity index (χ3n) is 2.66. The Kier molecular flexibility index (Phi) is 4.77. The van der Waals surface area contributed by atoms with Crippen molar-refractivity contribution in [3.8, 4) is 11.3 Å². The molecule has 1 heterocycles. The van der Waals surface area contributed by atoms with Crippen LogP contribution in [0.1, 0.15) is 20.8 Å². The van der Waals surface area contributed by atoms with E-state index in [2.05, 4.69) is 31.9 Å². The highest BCUT2D eigenvalue weighted by molar-refractivity contribution is 9.10. The molecule has 1 aromatic carbocycles. The Morgan fingerprint density at radius 1 is 1.14 bits per heavy atom. The second-order valence-corrected chi connectivity index (χ2v) is 7.41. The molecule has 0 aliphatic carbocycles. The highest BCUT2D eigenvalue weighted by Gasteiger charge is 2.22. The maximum Gasteiger partial charge on any atom is 0.419 e. The smallest absolute Gasteiger partial charge is 0.419 e. The van der Waals surface area contributed by atoms with Crippen LogP contribution in [0.25, 0.3) is 11.3 Å². The number of rotatable bonds is 1. The van der Waals surface area contributed by atoms with Gasteiger partial charge in [-0.15, -0.1) is 0 Å². The molecule has 0 unspecified atom stereocenters. The molecule has 22 heavy (non-hydrogen) atoms. The number of nitrogens with zero attached hydrogens (tertiary/aromatic N) is 1. The number of aromatic nitrogens is 1. The largest absolute Gasteiger partial charge is 0.443 e. The lowest BCUT2D eigenvalue weighted by molar-refractivity contribution is 0.0540. The Hall–Kier alpha value is -1.21. The summed E-state index contributed by atoms with van der Waals surface area (Å²) in [7, 11) is 0. The van der Waals surface area contributed by atoms with E-state index in [0.29, 0.717) is 4.47 Å². The molecule has 0 spiro atoms. The highest BCUT2D eigenvalue weighted by Crippen LogP contribution is 2.31. The number of halogens is 4. The quantitative estimate of drug-likeness (QED) is 0.533. The van der Waals surface area contributed by atoms with Crippen LogP contribution in [0.4, 0.5) is 13.6 Å². The van der Waals surface area contributed by atoms with Gasteiger partial charge < -0.3 is 4.74 Å². The molecule has 2 rings (SSSR count). The van der Waals surface area contributed by atoms with Gasteiger partial charge in [0, 0.05) is 22.3 Å². The van der Waals surface area contributed by atoms with Crippen molar-refractivity contribution in [1.29, 1.82) is 0 Å². The summed E-state index contributed by atoms with van der Waals surface area (Å²) in [5, 5.41) is 0. The van der Waals surface area contributed by atoms with E-state index in [9.17, 15) is 13.6 Å². The predicted molar refractivity (Wildman–Crippen MR) is 86.8 cm³/mol. The Morgan fingerprint density at radius 3 is 2.36 bits per heavy atom. The molecule has 0 saturated heterocycles. The minimum absolute atomic E-state index is 0.0878. The van der Waals surface area contributed by atoms with Crippen molar-refractivity contribution in [3.63, 3.8) is 0 Å². The maximum atomic E-state index is 14.1. The van der Waals surface area contributed by atoms with Crippen LogP contribution in [-0.4, -0.2) is 16.3 Å². The van der Waals surface area contributed by atoms with E-state index >= 15 is 0 Å². The predicted octanol–water partition coefficient (Wildman–Crippen LogP) is 5.74. The summed E-state index contributed by atoms with van der Waals surface area (Å²) in [4.78, 5) is 12.2. The average molecular weight is 437 g/mol. The Balaban J connectivity index is 2.54. The zero-order valence-corrected chi connectivity index (χ0v) is 15.3. The van der Waals surface area contributed by atoms with Crippen molar-refractivity contribution >= 4 is 38.0 Å². The summed E-state index contributed by atoms with van der Waals surface area (Å²) in [6, 6.07) is 3.61. The zero-order chi connectivity index (χ0) is 16.7. The molecule has 0 fully saturated rings. The second-order valence-electron chi connectivity index (χ2n) is 5.64. The molecule has 118 valence electrons. The molecule has 0 saturated carbocycles. The van der Waals surface area contributed by atoms with Crippen molar-refractivity contribution in [2.75, 3.05) is 0 Å². The Bertz CT molecular complexity index is 736. The molecule has 0 aliphatic rings. The Labute approximate surface area is 143 Å². The minimum Gasteiger partial charge on any atom is -0.443 e. The summed E-state index contributed by atoms with van der Waals surface area (Å²) in [6.45, 7) is 5.20. The molecule has 2 aromatic rings. The highest BCUT2D eigenvalue weighted by atomic mass is 79.9. The fourth-order valence-electron chi connectivity index (χ4n) is 1.82. The summed E-state index contributed by atoms with van der Waals surface area (Å²) in [5.41, 5.74) is -0.336. The van der Waals surface area contributed by atoms with Crippen molar-refractivity contribution < 1.29 is 18.3 Å². The lowest BCUT2D eigenvalue weighted by Crippen LogP contribution is -2.27. The van der Waals surface area contributed by atoms with E-state index in [4.69, 9.17) is 4.74 Å². The van der Waals surface area contributed by atoms with E-state index in [1.807, 2.05) is 0 Å². The standard InChI is InChI=1S/C15H13Br2F2NO2/c1-15(2,3)22-14(21)20-7-8(16)4-13(20)9-5-10(17)12(19)6-11(9)18/h4-7H,1-3H3. The summed E-state index contributed by atoms with van der Waals surface area (Å²) >= 11 is 6.26. The van der Waals surface area contributed by atoms with Crippen molar-refractivity contribution in [3.05, 3.63) is 45.0 Å². The SMILES string of the molecule is CC(C)(C)OC(=O)n1cc(Br)cc1-c1cc(Br)c(F)cc1F. The summed E-state index contributed by atoms with van der Waals surface area (Å²) in [5.74, 6) is -1.48. The number of ether oxygens (including phenoxy) is 1. The van der Waals surface area contributed by atoms with Gasteiger partial charge in [-0.3, -0.25) is 4.57 Å². The van der Waals surface area contributed by atoms with Gasteiger partial charge in [0.1, 0.15) is 17.2 Å². The first kappa shape index (κ1) is 17.1. The molecular weight excluding hydrogens is 424 g/mol. The minimum atomic E-state index is -0.767. The first-order valence-corrected chi connectivity index (χ1v) is 7.93. The summed E-state index contributed by atoms with van der Waals surface area (Å²) < 4.78 is 34.6. The van der Waals surface area contributed by atoms with Crippen LogP contribution < -0.4 is 0 Å². The second kappa shape index (κ2) is 6.12. The molecule has 0 aliphatic heterocycles. The van der Waals surface area contributed by atoms with Gasteiger partial charge in [-0.1, -0.05) is 0 Å². The molecule has 0 amide bonds. The van der Waals surface area contributed by atoms with Crippen molar-refractivity contribution in [2.45, 2.75) is 26.4 Å². The van der Waals surface area contributed by atoms with Crippen LogP contribution >= 0.6 is 31.9 Å². The molecule has 0 radical (unpaired) electrons. The van der Waals surface area contributed by atoms with Crippen LogP contribution in [0.15, 0.2) is 33.3 Å². The topological polar surface area (TPSA) is 31.2 Å². The van der Waals surface area contributed by atoms with Gasteiger partial charge in [-0.2, -0.15) is 0 Å². The van der Waals surface area contributed by atoms with E-state index in [0.717, 1.165) is 6.07 Å². The number of hydrogen-bond acceptors (Lipinski definition) is 2. The van der Waals surface area contributed by atoms with Crippen LogP contribution in [0.3, 0.4) is 0 Å². The Morgan fingerprint density at radius 2 is 1.77 bits per heavy atom. The molecule has 1 aromatic heterocycles. The lowest BCUT2D eigenvalue weighted by Gasteiger charge is -2.20. The van der Waals surface area contributed by atoms with E-state index < -0.39 is 23.3 Å².